The fraction of sp³-hybridized carbons (Fsp3) is 0.161. The smallest absolute Gasteiger partial charge is 0.335 e. The van der Waals surface area contributed by atoms with Gasteiger partial charge in [-0.25, -0.2) is 18.1 Å². The minimum Gasteiger partial charge on any atom is -0.493 e. The summed E-state index contributed by atoms with van der Waals surface area (Å²) in [6.07, 6.45) is 2.73. The molecule has 2 aromatic heterocycles. The maximum Gasteiger partial charge on any atom is 0.335 e. The number of nitrogens with one attached hydrogen (secondary N) is 1. The summed E-state index contributed by atoms with van der Waals surface area (Å²) in [6.45, 7) is -0.242. The molecule has 0 aliphatic rings. The molecule has 0 radical (unpaired) electrons. The topological polar surface area (TPSA) is 134 Å². The Morgan fingerprint density at radius 3 is 2.34 bits per heavy atom. The van der Waals surface area contributed by atoms with E-state index < -0.39 is 34.4 Å². The third-order valence-electron chi connectivity index (χ3n) is 6.66. The predicted molar refractivity (Wildman–Crippen MR) is 157 cm³/mol. The minimum atomic E-state index is -0.962. The molecule has 1 amide bonds. The molecular formula is C31H26F2N4O7. The first kappa shape index (κ1) is 29.9. The highest BCUT2D eigenvalue weighted by atomic mass is 19.1. The fourth-order valence-electron chi connectivity index (χ4n) is 4.49. The summed E-state index contributed by atoms with van der Waals surface area (Å²) in [5.41, 5.74) is -1.60. The number of aryl methyl sites for hydroxylation is 1. The number of hydrogen-bond donors (Lipinski definition) is 2. The third kappa shape index (κ3) is 5.99. The zero-order valence-corrected chi connectivity index (χ0v) is 23.5. The molecule has 3 aromatic carbocycles. The van der Waals surface area contributed by atoms with Gasteiger partial charge in [0.2, 0.25) is 0 Å². The Bertz CT molecular complexity index is 1970. The van der Waals surface area contributed by atoms with Gasteiger partial charge in [0.05, 0.1) is 25.4 Å². The number of rotatable bonds is 10. The highest BCUT2D eigenvalue weighted by Crippen LogP contribution is 2.37. The molecule has 0 spiro atoms. The standard InChI is InChI=1S/C31H26F2N4O7/c1-42-27-15-21-24(16-28(27)43-2)34-11-10-25(21)44-26-9-6-19(14-23(26)33)35-29(39)22-17-36(12-3-13-38)31(41)37(30(22)40)20-7-4-18(32)5-8-20/h4-11,14-17,38H,3,12-13H2,1-2H3,(H,35,39). The molecule has 0 saturated heterocycles. The summed E-state index contributed by atoms with van der Waals surface area (Å²) in [5.74, 6) is -1.29. The highest BCUT2D eigenvalue weighted by molar-refractivity contribution is 6.04. The van der Waals surface area contributed by atoms with E-state index >= 15 is 4.39 Å². The number of pyridine rings is 1. The van der Waals surface area contributed by atoms with Crippen LogP contribution in [0, 0.1) is 11.6 Å². The van der Waals surface area contributed by atoms with E-state index in [1.807, 2.05) is 0 Å². The van der Waals surface area contributed by atoms with Crippen molar-refractivity contribution in [3.8, 4) is 28.7 Å². The van der Waals surface area contributed by atoms with Gasteiger partial charge in [0.15, 0.2) is 23.1 Å². The van der Waals surface area contributed by atoms with Crippen LogP contribution in [0.3, 0.4) is 0 Å². The summed E-state index contributed by atoms with van der Waals surface area (Å²) >= 11 is 0. The van der Waals surface area contributed by atoms with Gasteiger partial charge in [0, 0.05) is 48.8 Å². The van der Waals surface area contributed by atoms with E-state index in [1.54, 1.807) is 18.2 Å². The van der Waals surface area contributed by atoms with Crippen molar-refractivity contribution in [2.45, 2.75) is 13.0 Å². The summed E-state index contributed by atoms with van der Waals surface area (Å²) < 4.78 is 47.0. The van der Waals surface area contributed by atoms with Gasteiger partial charge in [-0.15, -0.1) is 0 Å². The number of aliphatic hydroxyl groups is 1. The summed E-state index contributed by atoms with van der Waals surface area (Å²) in [4.78, 5) is 43.8. The Balaban J connectivity index is 1.44. The number of ether oxygens (including phenoxy) is 3. The largest absolute Gasteiger partial charge is 0.493 e. The number of amides is 1. The van der Waals surface area contributed by atoms with Gasteiger partial charge >= 0.3 is 5.69 Å². The van der Waals surface area contributed by atoms with Crippen molar-refractivity contribution in [1.82, 2.24) is 14.1 Å². The molecule has 11 nitrogen and oxygen atoms in total. The number of halogens is 2. The summed E-state index contributed by atoms with van der Waals surface area (Å²) in [5, 5.41) is 12.2. The van der Waals surface area contributed by atoms with Crippen molar-refractivity contribution >= 4 is 22.5 Å². The number of carbonyl (C=O) groups excluding carboxylic acids is 1. The van der Waals surface area contributed by atoms with Crippen molar-refractivity contribution in [2.75, 3.05) is 26.1 Å². The Hall–Kier alpha value is -5.56. The zero-order chi connectivity index (χ0) is 31.4. The summed E-state index contributed by atoms with van der Waals surface area (Å²) in [7, 11) is 2.98. The van der Waals surface area contributed by atoms with Crippen LogP contribution < -0.4 is 30.8 Å². The Morgan fingerprint density at radius 1 is 0.932 bits per heavy atom. The number of hydrogen-bond acceptors (Lipinski definition) is 8. The number of nitrogens with zero attached hydrogens (tertiary/aromatic N) is 3. The van der Waals surface area contributed by atoms with Crippen LogP contribution in [-0.4, -0.2) is 46.0 Å². The van der Waals surface area contributed by atoms with E-state index in [2.05, 4.69) is 10.3 Å². The first-order valence-electron chi connectivity index (χ1n) is 13.3. The molecule has 44 heavy (non-hydrogen) atoms. The van der Waals surface area contributed by atoms with Gasteiger partial charge in [0.25, 0.3) is 11.5 Å². The van der Waals surface area contributed by atoms with E-state index in [0.717, 1.165) is 33.5 Å². The van der Waals surface area contributed by atoms with Crippen LogP contribution in [0.5, 0.6) is 23.0 Å². The lowest BCUT2D eigenvalue weighted by atomic mass is 10.1. The van der Waals surface area contributed by atoms with Crippen LogP contribution in [0.1, 0.15) is 16.8 Å². The number of benzene rings is 3. The van der Waals surface area contributed by atoms with Crippen LogP contribution in [0.15, 0.2) is 82.6 Å². The van der Waals surface area contributed by atoms with Crippen LogP contribution in [-0.2, 0) is 6.54 Å². The number of carbonyl (C=O) groups is 1. The predicted octanol–water partition coefficient (Wildman–Crippen LogP) is 4.27. The van der Waals surface area contributed by atoms with Gasteiger partial charge in [-0.3, -0.25) is 19.1 Å². The molecule has 0 unspecified atom stereocenters. The van der Waals surface area contributed by atoms with Crippen molar-refractivity contribution in [3.05, 3.63) is 111 Å². The average molecular weight is 605 g/mol. The molecule has 0 saturated carbocycles. The molecule has 13 heteroatoms. The van der Waals surface area contributed by atoms with Gasteiger partial charge in [-0.05, 0) is 55.0 Å². The van der Waals surface area contributed by atoms with Gasteiger partial charge in [-0.2, -0.15) is 0 Å². The maximum atomic E-state index is 15.2. The van der Waals surface area contributed by atoms with Crippen molar-refractivity contribution in [2.24, 2.45) is 0 Å². The normalized spacial score (nSPS) is 10.9. The average Bonchev–Trinajstić information content (AvgIpc) is 3.02. The fourth-order valence-corrected chi connectivity index (χ4v) is 4.49. The molecule has 0 atom stereocenters. The number of fused-ring (bicyclic) bond motifs is 1. The molecule has 226 valence electrons. The number of aliphatic hydroxyl groups excluding tert-OH is 1. The Kier molecular flexibility index (Phi) is 8.67. The monoisotopic (exact) mass is 604 g/mol. The molecule has 2 N–H and O–H groups in total. The number of anilines is 1. The molecule has 5 aromatic rings. The van der Waals surface area contributed by atoms with E-state index in [1.165, 1.54) is 44.7 Å². The molecule has 0 fully saturated rings. The van der Waals surface area contributed by atoms with E-state index in [0.29, 0.717) is 22.4 Å². The minimum absolute atomic E-state index is 0.0000950. The van der Waals surface area contributed by atoms with Gasteiger partial charge in [-0.1, -0.05) is 0 Å². The molecule has 2 heterocycles. The van der Waals surface area contributed by atoms with E-state index in [4.69, 9.17) is 14.2 Å². The quantitative estimate of drug-likeness (QED) is 0.242. The zero-order valence-electron chi connectivity index (χ0n) is 23.5. The second-order valence-corrected chi connectivity index (χ2v) is 9.45. The second kappa shape index (κ2) is 12.8. The lowest BCUT2D eigenvalue weighted by Crippen LogP contribution is -2.42. The van der Waals surface area contributed by atoms with Gasteiger partial charge in [0.1, 0.15) is 17.1 Å². The molecule has 5 rings (SSSR count). The van der Waals surface area contributed by atoms with Crippen LogP contribution in [0.2, 0.25) is 0 Å². The van der Waals surface area contributed by atoms with Crippen molar-refractivity contribution < 1.29 is 32.9 Å². The SMILES string of the molecule is COc1cc2nccc(Oc3ccc(NC(=O)c4cn(CCCO)c(=O)n(-c5ccc(F)cc5)c4=O)cc3F)c2cc1OC. The number of methoxy groups -OCH3 is 2. The van der Waals surface area contributed by atoms with Crippen molar-refractivity contribution in [1.29, 1.82) is 0 Å². The van der Waals surface area contributed by atoms with Gasteiger partial charge < -0.3 is 24.6 Å². The van der Waals surface area contributed by atoms with Crippen molar-refractivity contribution in [3.63, 3.8) is 0 Å². The van der Waals surface area contributed by atoms with Crippen LogP contribution >= 0.6 is 0 Å². The first-order chi connectivity index (χ1) is 21.2. The summed E-state index contributed by atoms with van der Waals surface area (Å²) in [6, 6.07) is 13.2. The molecule has 0 bridgehead atoms. The molecule has 0 aliphatic heterocycles. The first-order valence-corrected chi connectivity index (χ1v) is 13.3. The molecular weight excluding hydrogens is 578 g/mol. The van der Waals surface area contributed by atoms with Crippen LogP contribution in [0.25, 0.3) is 16.6 Å². The molecule has 0 aliphatic carbocycles. The maximum absolute atomic E-state index is 15.2. The Morgan fingerprint density at radius 2 is 1.66 bits per heavy atom. The van der Waals surface area contributed by atoms with E-state index in [-0.39, 0.29) is 42.4 Å². The second-order valence-electron chi connectivity index (χ2n) is 9.45. The van der Waals surface area contributed by atoms with E-state index in [9.17, 15) is 23.9 Å². The number of aromatic nitrogens is 3. The lowest BCUT2D eigenvalue weighted by Gasteiger charge is -2.14. The lowest BCUT2D eigenvalue weighted by molar-refractivity contribution is 0.102. The third-order valence-corrected chi connectivity index (χ3v) is 6.66. The van der Waals surface area contributed by atoms with Crippen LogP contribution in [0.4, 0.5) is 14.5 Å². The highest BCUT2D eigenvalue weighted by Gasteiger charge is 2.20. The Labute approximate surface area is 248 Å².